The van der Waals surface area contributed by atoms with Gasteiger partial charge in [0.2, 0.25) is 0 Å². The third-order valence-corrected chi connectivity index (χ3v) is 4.62. The van der Waals surface area contributed by atoms with Crippen LogP contribution in [0.1, 0.15) is 25.7 Å². The molecule has 1 fully saturated rings. The molecule has 5 heteroatoms. The van der Waals surface area contributed by atoms with Crippen molar-refractivity contribution in [2.75, 3.05) is 11.1 Å². The van der Waals surface area contributed by atoms with Gasteiger partial charge < -0.3 is 5.32 Å². The fraction of sp³-hybridized carbons (Fsp3) is 0.667. The monoisotopic (exact) mass is 250 g/mol. The highest BCUT2D eigenvalue weighted by molar-refractivity contribution is 8.14. The number of nitrogens with one attached hydrogen (secondary N) is 1. The van der Waals surface area contributed by atoms with Gasteiger partial charge in [-0.3, -0.25) is 9.67 Å². The molecule has 3 rings (SSSR count). The van der Waals surface area contributed by atoms with E-state index < -0.39 is 0 Å². The third kappa shape index (κ3) is 2.49. The maximum Gasteiger partial charge on any atom is 0.161 e. The summed E-state index contributed by atoms with van der Waals surface area (Å²) in [6.45, 7) is 0. The molecule has 0 spiro atoms. The predicted octanol–water partition coefficient (Wildman–Crippen LogP) is 2.49. The molecular weight excluding hydrogens is 232 g/mol. The average molecular weight is 250 g/mol. The Morgan fingerprint density at radius 3 is 3.12 bits per heavy atom. The van der Waals surface area contributed by atoms with Crippen LogP contribution in [-0.2, 0) is 7.05 Å². The van der Waals surface area contributed by atoms with Crippen LogP contribution >= 0.6 is 11.8 Å². The van der Waals surface area contributed by atoms with E-state index in [1.807, 2.05) is 31.2 Å². The van der Waals surface area contributed by atoms with Gasteiger partial charge in [-0.2, -0.15) is 5.10 Å². The van der Waals surface area contributed by atoms with Crippen molar-refractivity contribution >= 4 is 22.6 Å². The minimum absolute atomic E-state index is 0.559. The van der Waals surface area contributed by atoms with Crippen molar-refractivity contribution < 1.29 is 0 Å². The standard InChI is InChI=1S/C12H18N4S/c1-16-7-10(6-13-16)14-12-15-11-5-3-2-4-9(11)8-17-12/h6-7,9,11H,2-5,8H2,1H3,(H,14,15). The fourth-order valence-electron chi connectivity index (χ4n) is 2.60. The number of amidine groups is 1. The molecule has 1 saturated carbocycles. The van der Waals surface area contributed by atoms with E-state index in [1.165, 1.54) is 31.4 Å². The van der Waals surface area contributed by atoms with Crippen LogP contribution in [0.4, 0.5) is 5.69 Å². The molecule has 0 saturated heterocycles. The zero-order valence-corrected chi connectivity index (χ0v) is 10.9. The van der Waals surface area contributed by atoms with E-state index in [4.69, 9.17) is 4.99 Å². The van der Waals surface area contributed by atoms with Gasteiger partial charge in [0.1, 0.15) is 0 Å². The molecule has 92 valence electrons. The number of hydrogen-bond acceptors (Lipinski definition) is 4. The Balaban J connectivity index is 1.69. The van der Waals surface area contributed by atoms with Crippen molar-refractivity contribution in [2.24, 2.45) is 18.0 Å². The van der Waals surface area contributed by atoms with Gasteiger partial charge >= 0.3 is 0 Å². The van der Waals surface area contributed by atoms with E-state index in [0.29, 0.717) is 6.04 Å². The Morgan fingerprint density at radius 1 is 1.41 bits per heavy atom. The van der Waals surface area contributed by atoms with E-state index in [-0.39, 0.29) is 0 Å². The fourth-order valence-corrected chi connectivity index (χ4v) is 3.76. The number of nitrogens with zero attached hydrogens (tertiary/aromatic N) is 3. The van der Waals surface area contributed by atoms with E-state index in [1.54, 1.807) is 4.68 Å². The quantitative estimate of drug-likeness (QED) is 0.832. The predicted molar refractivity (Wildman–Crippen MR) is 72.5 cm³/mol. The first kappa shape index (κ1) is 11.1. The second kappa shape index (κ2) is 4.72. The topological polar surface area (TPSA) is 42.2 Å². The van der Waals surface area contributed by atoms with Crippen molar-refractivity contribution in [3.8, 4) is 0 Å². The summed E-state index contributed by atoms with van der Waals surface area (Å²) in [6.07, 6.45) is 9.19. The maximum atomic E-state index is 4.84. The molecular formula is C12H18N4S. The maximum absolute atomic E-state index is 4.84. The van der Waals surface area contributed by atoms with Crippen LogP contribution in [-0.4, -0.2) is 26.7 Å². The minimum atomic E-state index is 0.559. The van der Waals surface area contributed by atoms with Gasteiger partial charge in [0.05, 0.1) is 17.9 Å². The van der Waals surface area contributed by atoms with Gasteiger partial charge in [-0.25, -0.2) is 0 Å². The van der Waals surface area contributed by atoms with E-state index >= 15 is 0 Å². The van der Waals surface area contributed by atoms with Crippen LogP contribution in [0.5, 0.6) is 0 Å². The van der Waals surface area contributed by atoms with E-state index in [9.17, 15) is 0 Å². The second-order valence-corrected chi connectivity index (χ2v) is 5.89. The van der Waals surface area contributed by atoms with Crippen LogP contribution in [0, 0.1) is 5.92 Å². The number of fused-ring (bicyclic) bond motifs is 1. The zero-order chi connectivity index (χ0) is 11.7. The molecule has 2 heterocycles. The summed E-state index contributed by atoms with van der Waals surface area (Å²) in [6, 6.07) is 0.559. The van der Waals surface area contributed by atoms with Gasteiger partial charge in [-0.15, -0.1) is 0 Å². The highest BCUT2D eigenvalue weighted by Crippen LogP contribution is 2.34. The SMILES string of the molecule is Cn1cc(NC2=NC3CCCCC3CS2)cn1. The lowest BCUT2D eigenvalue weighted by Gasteiger charge is -2.32. The number of thioether (sulfide) groups is 1. The summed E-state index contributed by atoms with van der Waals surface area (Å²) in [5.41, 5.74) is 1.04. The largest absolute Gasteiger partial charge is 0.332 e. The van der Waals surface area contributed by atoms with Crippen molar-refractivity contribution in [3.63, 3.8) is 0 Å². The number of aromatic nitrogens is 2. The molecule has 4 nitrogen and oxygen atoms in total. The first-order valence-electron chi connectivity index (χ1n) is 6.27. The molecule has 0 radical (unpaired) electrons. The molecule has 0 bridgehead atoms. The molecule has 1 aromatic heterocycles. The van der Waals surface area contributed by atoms with E-state index in [0.717, 1.165) is 16.8 Å². The molecule has 2 atom stereocenters. The summed E-state index contributed by atoms with van der Waals surface area (Å²) in [7, 11) is 1.93. The van der Waals surface area contributed by atoms with Crippen LogP contribution in [0.25, 0.3) is 0 Å². The summed E-state index contributed by atoms with van der Waals surface area (Å²) >= 11 is 1.85. The number of anilines is 1. The lowest BCUT2D eigenvalue weighted by atomic mass is 9.86. The Hall–Kier alpha value is -0.970. The second-order valence-electron chi connectivity index (χ2n) is 4.88. The number of rotatable bonds is 1. The van der Waals surface area contributed by atoms with Crippen LogP contribution < -0.4 is 5.32 Å². The molecule has 17 heavy (non-hydrogen) atoms. The first-order chi connectivity index (χ1) is 8.31. The van der Waals surface area contributed by atoms with Crippen LogP contribution in [0.3, 0.4) is 0 Å². The Labute approximate surface area is 106 Å². The van der Waals surface area contributed by atoms with Crippen molar-refractivity contribution in [2.45, 2.75) is 31.7 Å². The Morgan fingerprint density at radius 2 is 2.29 bits per heavy atom. The zero-order valence-electron chi connectivity index (χ0n) is 10.1. The number of hydrogen-bond donors (Lipinski definition) is 1. The average Bonchev–Trinajstić information content (AvgIpc) is 2.75. The first-order valence-corrected chi connectivity index (χ1v) is 7.26. The van der Waals surface area contributed by atoms with Gasteiger partial charge in [0.15, 0.2) is 5.17 Å². The molecule has 2 unspecified atom stereocenters. The lowest BCUT2D eigenvalue weighted by molar-refractivity contribution is 0.336. The minimum Gasteiger partial charge on any atom is -0.332 e. The Kier molecular flexibility index (Phi) is 3.09. The molecule has 0 amide bonds. The number of aryl methyl sites for hydroxylation is 1. The summed E-state index contributed by atoms with van der Waals surface area (Å²) < 4.78 is 1.81. The van der Waals surface area contributed by atoms with Crippen molar-refractivity contribution in [1.29, 1.82) is 0 Å². The normalized spacial score (nSPS) is 28.4. The van der Waals surface area contributed by atoms with Gasteiger partial charge in [0, 0.05) is 19.0 Å². The van der Waals surface area contributed by atoms with Crippen molar-refractivity contribution in [3.05, 3.63) is 12.4 Å². The summed E-state index contributed by atoms with van der Waals surface area (Å²) in [4.78, 5) is 4.84. The highest BCUT2D eigenvalue weighted by atomic mass is 32.2. The van der Waals surface area contributed by atoms with Gasteiger partial charge in [-0.1, -0.05) is 24.6 Å². The van der Waals surface area contributed by atoms with Gasteiger partial charge in [-0.05, 0) is 18.8 Å². The van der Waals surface area contributed by atoms with Crippen molar-refractivity contribution in [1.82, 2.24) is 9.78 Å². The summed E-state index contributed by atoms with van der Waals surface area (Å²) in [5, 5.41) is 8.59. The van der Waals surface area contributed by atoms with Crippen LogP contribution in [0.15, 0.2) is 17.4 Å². The van der Waals surface area contributed by atoms with Gasteiger partial charge in [0.25, 0.3) is 0 Å². The Bertz CT molecular complexity index is 426. The van der Waals surface area contributed by atoms with Crippen LogP contribution in [0.2, 0.25) is 0 Å². The van der Waals surface area contributed by atoms with E-state index in [2.05, 4.69) is 10.4 Å². The smallest absolute Gasteiger partial charge is 0.161 e. The highest BCUT2D eigenvalue weighted by Gasteiger charge is 2.29. The molecule has 1 aliphatic carbocycles. The third-order valence-electron chi connectivity index (χ3n) is 3.54. The lowest BCUT2D eigenvalue weighted by Crippen LogP contribution is -2.31. The summed E-state index contributed by atoms with van der Waals surface area (Å²) in [5.74, 6) is 2.03. The molecule has 0 aromatic carbocycles. The molecule has 1 aromatic rings. The number of aliphatic imine (C=N–C) groups is 1. The molecule has 1 aliphatic heterocycles. The molecule has 2 aliphatic rings. The molecule has 1 N–H and O–H groups in total.